The zero-order valence-electron chi connectivity index (χ0n) is 24.0. The van der Waals surface area contributed by atoms with E-state index in [-0.39, 0.29) is 39.4 Å². The molecule has 2 aromatic carbocycles. The molecule has 0 aliphatic rings. The first-order chi connectivity index (χ1) is 23.6. The van der Waals surface area contributed by atoms with Crippen LogP contribution in [0.25, 0.3) is 57.0 Å². The molecule has 0 radical (unpaired) electrons. The number of nitrogens with two attached hydrogens (primary N) is 1. The highest BCUT2D eigenvalue weighted by Gasteiger charge is 2.25. The van der Waals surface area contributed by atoms with E-state index in [1.165, 1.54) is 39.8 Å². The molecule has 0 amide bonds. The molecule has 8 rings (SSSR count). The van der Waals surface area contributed by atoms with Gasteiger partial charge in [0.15, 0.2) is 34.2 Å². The van der Waals surface area contributed by atoms with Gasteiger partial charge in [-0.05, 0) is 36.4 Å². The van der Waals surface area contributed by atoms with Gasteiger partial charge >= 0.3 is 11.7 Å². The first-order valence-electron chi connectivity index (χ1n) is 13.6. The Morgan fingerprint density at radius 3 is 1.49 bits per heavy atom. The van der Waals surface area contributed by atoms with Crippen molar-refractivity contribution in [3.63, 3.8) is 0 Å². The van der Waals surface area contributed by atoms with Crippen LogP contribution in [0.4, 0.5) is 32.2 Å². The number of oxazole rings is 2. The van der Waals surface area contributed by atoms with Gasteiger partial charge in [0.25, 0.3) is 0 Å². The van der Waals surface area contributed by atoms with Crippen molar-refractivity contribution in [3.8, 4) is 45.3 Å². The molecule has 0 saturated carbocycles. The third kappa shape index (κ3) is 5.68. The van der Waals surface area contributed by atoms with Crippen LogP contribution in [0.15, 0.2) is 82.3 Å². The molecule has 49 heavy (non-hydrogen) atoms. The largest absolute Gasteiger partial charge is 0.432 e. The van der Waals surface area contributed by atoms with Gasteiger partial charge in [0.2, 0.25) is 0 Å². The highest BCUT2D eigenvalue weighted by Crippen LogP contribution is 2.36. The maximum Gasteiger partial charge on any atom is 0.306 e. The van der Waals surface area contributed by atoms with Gasteiger partial charge in [-0.2, -0.15) is 9.97 Å². The van der Waals surface area contributed by atoms with Crippen molar-refractivity contribution in [2.24, 2.45) is 5.84 Å². The summed E-state index contributed by atoms with van der Waals surface area (Å²) in [5.74, 6) is -1.04. The van der Waals surface area contributed by atoms with E-state index in [1.54, 1.807) is 18.2 Å². The number of aromatic nitrogens is 8. The van der Waals surface area contributed by atoms with Gasteiger partial charge in [-0.15, -0.1) is 20.4 Å². The maximum atomic E-state index is 14.2. The SMILES string of the molecule is Fc1cc(F)c(-c2nc3occn3c2-c2ccc(Cl)nn2)cc1F.NNc1ccc(-c2c(-c3cc(F)c(F)cc3F)nc3occn23)nn1. The molecule has 0 atom stereocenters. The number of hydrogen-bond donors (Lipinski definition) is 2. The summed E-state index contributed by atoms with van der Waals surface area (Å²) < 4.78 is 95.4. The first kappa shape index (κ1) is 31.3. The summed E-state index contributed by atoms with van der Waals surface area (Å²) in [5.41, 5.74) is 3.22. The summed E-state index contributed by atoms with van der Waals surface area (Å²) in [6.45, 7) is 0. The minimum Gasteiger partial charge on any atom is -0.432 e. The van der Waals surface area contributed by atoms with Gasteiger partial charge < -0.3 is 14.3 Å². The summed E-state index contributed by atoms with van der Waals surface area (Å²) in [4.78, 5) is 8.29. The molecule has 0 fully saturated rings. The van der Waals surface area contributed by atoms with Crippen molar-refractivity contribution in [3.05, 3.63) is 114 Å². The van der Waals surface area contributed by atoms with Crippen LogP contribution in [-0.2, 0) is 0 Å². The monoisotopic (exact) mass is 696 g/mol. The van der Waals surface area contributed by atoms with Crippen LogP contribution >= 0.6 is 11.6 Å². The molecule has 8 aromatic rings. The van der Waals surface area contributed by atoms with E-state index in [9.17, 15) is 26.3 Å². The van der Waals surface area contributed by atoms with Gasteiger partial charge in [-0.25, -0.2) is 32.2 Å². The number of anilines is 1. The minimum atomic E-state index is -1.29. The lowest BCUT2D eigenvalue weighted by molar-refractivity contribution is 0.496. The lowest BCUT2D eigenvalue weighted by atomic mass is 10.1. The van der Waals surface area contributed by atoms with Crippen molar-refractivity contribution < 1.29 is 35.2 Å². The second-order valence-electron chi connectivity index (χ2n) is 9.91. The number of benzene rings is 2. The Kier molecular flexibility index (Phi) is 7.93. The third-order valence-corrected chi connectivity index (χ3v) is 7.19. The van der Waals surface area contributed by atoms with Crippen LogP contribution in [-0.4, -0.2) is 39.2 Å². The quantitative estimate of drug-likeness (QED) is 0.0844. The highest BCUT2D eigenvalue weighted by molar-refractivity contribution is 6.29. The number of nitrogen functional groups attached to an aromatic ring is 1. The van der Waals surface area contributed by atoms with E-state index in [0.717, 1.165) is 12.1 Å². The van der Waals surface area contributed by atoms with Gasteiger partial charge in [0.1, 0.15) is 58.3 Å². The lowest BCUT2D eigenvalue weighted by Crippen LogP contribution is -2.09. The van der Waals surface area contributed by atoms with E-state index in [0.29, 0.717) is 40.7 Å². The average Bonchev–Trinajstić information content (AvgIpc) is 3.87. The summed E-state index contributed by atoms with van der Waals surface area (Å²) in [7, 11) is 0. The fourth-order valence-corrected chi connectivity index (χ4v) is 4.92. The number of nitrogens with zero attached hydrogens (tertiary/aromatic N) is 8. The first-order valence-corrected chi connectivity index (χ1v) is 14.0. The Balaban J connectivity index is 0.000000154. The summed E-state index contributed by atoms with van der Waals surface area (Å²) in [6.07, 6.45) is 5.83. The lowest BCUT2D eigenvalue weighted by Gasteiger charge is -2.06. The van der Waals surface area contributed by atoms with Crippen LogP contribution in [0.5, 0.6) is 0 Å². The van der Waals surface area contributed by atoms with Crippen LogP contribution in [0, 0.1) is 34.9 Å². The van der Waals surface area contributed by atoms with Gasteiger partial charge in [-0.3, -0.25) is 8.80 Å². The van der Waals surface area contributed by atoms with Crippen LogP contribution < -0.4 is 11.3 Å². The fraction of sp³-hybridized carbons (Fsp3) is 0. The minimum absolute atomic E-state index is 0.0403. The molecule has 0 bridgehead atoms. The smallest absolute Gasteiger partial charge is 0.306 e. The predicted octanol–water partition coefficient (Wildman–Crippen LogP) is 6.88. The second kappa shape index (κ2) is 12.4. The number of imidazole rings is 2. The van der Waals surface area contributed by atoms with E-state index >= 15 is 0 Å². The second-order valence-corrected chi connectivity index (χ2v) is 10.3. The molecule has 0 aliphatic carbocycles. The van der Waals surface area contributed by atoms with Crippen LogP contribution in [0.1, 0.15) is 0 Å². The van der Waals surface area contributed by atoms with Crippen molar-refractivity contribution in [1.29, 1.82) is 0 Å². The Bertz CT molecular complexity index is 2480. The van der Waals surface area contributed by atoms with E-state index in [2.05, 4.69) is 35.8 Å². The summed E-state index contributed by atoms with van der Waals surface area (Å²) >= 11 is 5.72. The Morgan fingerprint density at radius 2 is 1.06 bits per heavy atom. The standard InChI is InChI=1S/C15H6ClF3N4O.C15H9F3N6O/c16-12-2-1-11(21-22-12)14-13(20-15-23(14)3-4-24-15)7-5-9(18)10(19)6-8(7)17;16-8-6-10(18)9(17)5-7(8)13-14(24-3-4-25-15(24)20-13)11-1-2-12(21-19)23-22-11/h1-6H;1-6H,19H2,(H,21,23). The molecule has 0 aliphatic heterocycles. The van der Waals surface area contributed by atoms with E-state index in [1.807, 2.05) is 0 Å². The van der Waals surface area contributed by atoms with Crippen LogP contribution in [0.2, 0.25) is 5.15 Å². The Hall–Kier alpha value is -6.27. The van der Waals surface area contributed by atoms with Crippen molar-refractivity contribution >= 4 is 29.1 Å². The molecule has 0 saturated heterocycles. The molecule has 0 spiro atoms. The van der Waals surface area contributed by atoms with E-state index in [4.69, 9.17) is 26.3 Å². The van der Waals surface area contributed by atoms with Crippen molar-refractivity contribution in [1.82, 2.24) is 39.2 Å². The van der Waals surface area contributed by atoms with Gasteiger partial charge in [0.05, 0.1) is 0 Å². The maximum absolute atomic E-state index is 14.2. The topological polar surface area (TPSA) is 150 Å². The number of halogens is 7. The molecule has 246 valence electrons. The summed E-state index contributed by atoms with van der Waals surface area (Å²) in [6, 6.07) is 8.55. The number of nitrogens with one attached hydrogen (secondary N) is 1. The Morgan fingerprint density at radius 1 is 0.592 bits per heavy atom. The molecule has 0 unspecified atom stereocenters. The normalized spacial score (nSPS) is 11.3. The van der Waals surface area contributed by atoms with Gasteiger partial charge in [0, 0.05) is 35.7 Å². The molecular formula is C30H15ClF6N10O2. The number of rotatable bonds is 5. The fourth-order valence-electron chi connectivity index (χ4n) is 4.82. The summed E-state index contributed by atoms with van der Waals surface area (Å²) in [5, 5.41) is 15.7. The van der Waals surface area contributed by atoms with Crippen molar-refractivity contribution in [2.45, 2.75) is 0 Å². The number of hydrogen-bond acceptors (Lipinski definition) is 10. The van der Waals surface area contributed by atoms with E-state index < -0.39 is 34.9 Å². The zero-order valence-corrected chi connectivity index (χ0v) is 24.8. The molecule has 3 N–H and O–H groups in total. The average molecular weight is 697 g/mol. The molecule has 6 heterocycles. The van der Waals surface area contributed by atoms with Crippen molar-refractivity contribution in [2.75, 3.05) is 5.43 Å². The Labute approximate surface area is 273 Å². The third-order valence-electron chi connectivity index (χ3n) is 6.98. The molecule has 19 heteroatoms. The number of hydrazine groups is 1. The zero-order chi connectivity index (χ0) is 34.4. The van der Waals surface area contributed by atoms with Gasteiger partial charge in [-0.1, -0.05) is 11.6 Å². The molecule has 6 aromatic heterocycles. The van der Waals surface area contributed by atoms with Crippen LogP contribution in [0.3, 0.4) is 0 Å². The number of fused-ring (bicyclic) bond motifs is 2. The molecular weight excluding hydrogens is 682 g/mol. The molecule has 12 nitrogen and oxygen atoms in total. The predicted molar refractivity (Wildman–Crippen MR) is 160 cm³/mol. The highest BCUT2D eigenvalue weighted by atomic mass is 35.5.